The summed E-state index contributed by atoms with van der Waals surface area (Å²) in [6, 6.07) is 0.638. The molecule has 0 aromatic carbocycles. The molecule has 0 spiro atoms. The maximum Gasteiger partial charge on any atom is 0.0943 e. The Kier molecular flexibility index (Phi) is 5.64. The number of nitrogens with one attached hydrogen (secondary N) is 1. The van der Waals surface area contributed by atoms with Gasteiger partial charge < -0.3 is 5.32 Å². The molecule has 0 aliphatic heterocycles. The molecule has 1 aromatic heterocycles. The number of hydrogen-bond acceptors (Lipinski definition) is 3. The molecule has 0 bridgehead atoms. The van der Waals surface area contributed by atoms with Crippen molar-refractivity contribution in [3.8, 4) is 0 Å². The van der Waals surface area contributed by atoms with Gasteiger partial charge in [0.25, 0.3) is 0 Å². The van der Waals surface area contributed by atoms with E-state index in [9.17, 15) is 0 Å². The lowest BCUT2D eigenvalue weighted by atomic mass is 9.90. The van der Waals surface area contributed by atoms with Gasteiger partial charge in [0, 0.05) is 23.5 Å². The number of nitrogens with zero attached hydrogens (tertiary/aromatic N) is 1. The van der Waals surface area contributed by atoms with Crippen molar-refractivity contribution in [1.29, 1.82) is 0 Å². The third-order valence-electron chi connectivity index (χ3n) is 4.00. The number of hydrogen-bond donors (Lipinski definition) is 1. The molecule has 1 N–H and O–H groups in total. The fourth-order valence-electron chi connectivity index (χ4n) is 3.07. The summed E-state index contributed by atoms with van der Waals surface area (Å²) in [7, 11) is 0. The van der Waals surface area contributed by atoms with Gasteiger partial charge in [-0.2, -0.15) is 0 Å². The Hall–Kier alpha value is -0.410. The van der Waals surface area contributed by atoms with Gasteiger partial charge in [0.05, 0.1) is 5.01 Å². The van der Waals surface area contributed by atoms with Crippen molar-refractivity contribution in [2.24, 2.45) is 5.92 Å². The van der Waals surface area contributed by atoms with Crippen LogP contribution < -0.4 is 5.32 Å². The molecule has 18 heavy (non-hydrogen) atoms. The van der Waals surface area contributed by atoms with E-state index in [1.165, 1.54) is 49.2 Å². The lowest BCUT2D eigenvalue weighted by molar-refractivity contribution is 0.321. The Balaban J connectivity index is 1.97. The number of likely N-dealkylation sites (N-methyl/N-ethyl adjacent to an activating group) is 1. The third kappa shape index (κ3) is 4.06. The summed E-state index contributed by atoms with van der Waals surface area (Å²) < 4.78 is 0. The van der Waals surface area contributed by atoms with Gasteiger partial charge in [-0.15, -0.1) is 11.3 Å². The molecule has 1 aliphatic carbocycles. The van der Waals surface area contributed by atoms with E-state index in [0.29, 0.717) is 6.04 Å². The second kappa shape index (κ2) is 7.25. The van der Waals surface area contributed by atoms with Crippen LogP contribution in [0.3, 0.4) is 0 Å². The van der Waals surface area contributed by atoms with E-state index in [4.69, 9.17) is 0 Å². The van der Waals surface area contributed by atoms with Crippen LogP contribution in [0.25, 0.3) is 0 Å². The van der Waals surface area contributed by atoms with E-state index < -0.39 is 0 Å². The van der Waals surface area contributed by atoms with E-state index >= 15 is 0 Å². The summed E-state index contributed by atoms with van der Waals surface area (Å²) in [6.07, 6.45) is 9.64. The van der Waals surface area contributed by atoms with Gasteiger partial charge in [0.1, 0.15) is 0 Å². The first-order valence-electron chi connectivity index (χ1n) is 7.44. The Morgan fingerprint density at radius 3 is 2.61 bits per heavy atom. The summed E-state index contributed by atoms with van der Waals surface area (Å²) in [5.41, 5.74) is 1.17. The van der Waals surface area contributed by atoms with E-state index in [0.717, 1.165) is 18.9 Å². The largest absolute Gasteiger partial charge is 0.314 e. The normalized spacial score (nSPS) is 19.7. The molecule has 1 atom stereocenters. The highest BCUT2D eigenvalue weighted by Crippen LogP contribution is 2.27. The average molecular weight is 266 g/mol. The van der Waals surface area contributed by atoms with Crippen molar-refractivity contribution < 1.29 is 0 Å². The molecule has 3 heteroatoms. The van der Waals surface area contributed by atoms with Gasteiger partial charge in [-0.25, -0.2) is 4.98 Å². The topological polar surface area (TPSA) is 24.9 Å². The molecule has 1 saturated carbocycles. The molecular weight excluding hydrogens is 240 g/mol. The van der Waals surface area contributed by atoms with Gasteiger partial charge in [-0.3, -0.25) is 0 Å². The first-order valence-corrected chi connectivity index (χ1v) is 8.32. The summed E-state index contributed by atoms with van der Waals surface area (Å²) in [5, 5.41) is 7.18. The highest BCUT2D eigenvalue weighted by atomic mass is 32.1. The van der Waals surface area contributed by atoms with Crippen LogP contribution in [0, 0.1) is 12.8 Å². The molecule has 0 saturated heterocycles. The molecule has 0 radical (unpaired) electrons. The van der Waals surface area contributed by atoms with Crippen LogP contribution in [0.2, 0.25) is 0 Å². The van der Waals surface area contributed by atoms with E-state index in [1.807, 2.05) is 11.3 Å². The minimum absolute atomic E-state index is 0.638. The molecule has 2 rings (SSSR count). The molecule has 1 unspecified atom stereocenters. The first-order chi connectivity index (χ1) is 8.79. The standard InChI is InChI=1S/C15H26N2S/c1-3-16-14(10-15-17-12(2)11-18-15)13-8-6-4-5-7-9-13/h11,13-14,16H,3-10H2,1-2H3. The van der Waals surface area contributed by atoms with Crippen molar-refractivity contribution in [2.75, 3.05) is 6.54 Å². The lowest BCUT2D eigenvalue weighted by Crippen LogP contribution is -2.37. The van der Waals surface area contributed by atoms with Gasteiger partial charge in [0.2, 0.25) is 0 Å². The SMILES string of the molecule is CCNC(Cc1nc(C)cs1)C1CCCCCC1. The molecule has 1 heterocycles. The summed E-state index contributed by atoms with van der Waals surface area (Å²) in [4.78, 5) is 4.63. The first kappa shape index (κ1) is 14.0. The van der Waals surface area contributed by atoms with Gasteiger partial charge in [-0.1, -0.05) is 32.6 Å². The van der Waals surface area contributed by atoms with Crippen molar-refractivity contribution in [2.45, 2.75) is 64.8 Å². The molecule has 0 amide bonds. The van der Waals surface area contributed by atoms with E-state index in [2.05, 4.69) is 29.5 Å². The Morgan fingerprint density at radius 2 is 2.06 bits per heavy atom. The van der Waals surface area contributed by atoms with Crippen LogP contribution >= 0.6 is 11.3 Å². The minimum Gasteiger partial charge on any atom is -0.314 e. The van der Waals surface area contributed by atoms with Crippen molar-refractivity contribution in [3.63, 3.8) is 0 Å². The van der Waals surface area contributed by atoms with Gasteiger partial charge >= 0.3 is 0 Å². The highest BCUT2D eigenvalue weighted by molar-refractivity contribution is 7.09. The molecule has 2 nitrogen and oxygen atoms in total. The summed E-state index contributed by atoms with van der Waals surface area (Å²) >= 11 is 1.82. The van der Waals surface area contributed by atoms with Crippen molar-refractivity contribution in [3.05, 3.63) is 16.1 Å². The molecule has 1 aliphatic rings. The fourth-order valence-corrected chi connectivity index (χ4v) is 3.90. The average Bonchev–Trinajstić information content (AvgIpc) is 2.63. The summed E-state index contributed by atoms with van der Waals surface area (Å²) in [6.45, 7) is 5.39. The van der Waals surface area contributed by atoms with Gasteiger partial charge in [-0.05, 0) is 32.2 Å². The van der Waals surface area contributed by atoms with Crippen LogP contribution in [0.1, 0.15) is 56.2 Å². The van der Waals surface area contributed by atoms with Gasteiger partial charge in [0.15, 0.2) is 0 Å². The highest BCUT2D eigenvalue weighted by Gasteiger charge is 2.23. The monoisotopic (exact) mass is 266 g/mol. The quantitative estimate of drug-likeness (QED) is 0.816. The zero-order valence-corrected chi connectivity index (χ0v) is 12.6. The smallest absolute Gasteiger partial charge is 0.0943 e. The van der Waals surface area contributed by atoms with Crippen LogP contribution in [-0.4, -0.2) is 17.6 Å². The lowest BCUT2D eigenvalue weighted by Gasteiger charge is -2.26. The van der Waals surface area contributed by atoms with Crippen LogP contribution in [0.15, 0.2) is 5.38 Å². The second-order valence-corrected chi connectivity index (χ2v) is 6.45. The fraction of sp³-hybridized carbons (Fsp3) is 0.800. The van der Waals surface area contributed by atoms with E-state index in [1.54, 1.807) is 0 Å². The van der Waals surface area contributed by atoms with Crippen molar-refractivity contribution >= 4 is 11.3 Å². The predicted molar refractivity (Wildman–Crippen MR) is 79.2 cm³/mol. The molecule has 1 aromatic rings. The second-order valence-electron chi connectivity index (χ2n) is 5.50. The van der Waals surface area contributed by atoms with Crippen LogP contribution in [0.4, 0.5) is 0 Å². The van der Waals surface area contributed by atoms with Crippen molar-refractivity contribution in [1.82, 2.24) is 10.3 Å². The van der Waals surface area contributed by atoms with Crippen LogP contribution in [-0.2, 0) is 6.42 Å². The number of thiazole rings is 1. The molecular formula is C15H26N2S. The maximum absolute atomic E-state index is 4.63. The molecule has 1 fully saturated rings. The minimum atomic E-state index is 0.638. The summed E-state index contributed by atoms with van der Waals surface area (Å²) in [5.74, 6) is 0.858. The number of rotatable bonds is 5. The van der Waals surface area contributed by atoms with Crippen LogP contribution in [0.5, 0.6) is 0 Å². The number of aromatic nitrogens is 1. The Bertz CT molecular complexity index is 340. The third-order valence-corrected chi connectivity index (χ3v) is 4.99. The Labute approximate surface area is 115 Å². The Morgan fingerprint density at radius 1 is 1.33 bits per heavy atom. The maximum atomic E-state index is 4.63. The molecule has 102 valence electrons. The number of aryl methyl sites for hydroxylation is 1. The van der Waals surface area contributed by atoms with E-state index in [-0.39, 0.29) is 0 Å². The predicted octanol–water partition coefficient (Wildman–Crippen LogP) is 3.94. The zero-order chi connectivity index (χ0) is 12.8. The zero-order valence-electron chi connectivity index (χ0n) is 11.7.